The van der Waals surface area contributed by atoms with Gasteiger partial charge in [0.2, 0.25) is 5.13 Å². The Bertz CT molecular complexity index is 827. The van der Waals surface area contributed by atoms with Gasteiger partial charge in [0.1, 0.15) is 17.5 Å². The summed E-state index contributed by atoms with van der Waals surface area (Å²) in [6.07, 6.45) is 1.43. The highest BCUT2D eigenvalue weighted by atomic mass is 35.5. The molecule has 0 fully saturated rings. The minimum absolute atomic E-state index is 0.297. The number of rotatable bonds is 1. The first kappa shape index (κ1) is 12.0. The van der Waals surface area contributed by atoms with Gasteiger partial charge in [-0.2, -0.15) is 15.0 Å². The van der Waals surface area contributed by atoms with E-state index in [1.165, 1.54) is 22.2 Å². The van der Waals surface area contributed by atoms with Crippen LogP contribution in [0.5, 0.6) is 0 Å². The van der Waals surface area contributed by atoms with E-state index in [0.29, 0.717) is 21.5 Å². The molecule has 0 amide bonds. The maximum atomic E-state index is 8.88. The molecule has 0 unspecified atom stereocenters. The van der Waals surface area contributed by atoms with E-state index >= 15 is 0 Å². The number of benzene rings is 1. The molecule has 2 N–H and O–H groups in total. The average molecular weight is 290 g/mol. The molecule has 1 aromatic carbocycles. The summed E-state index contributed by atoms with van der Waals surface area (Å²) in [5, 5.41) is 14.3. The molecule has 0 saturated heterocycles. The van der Waals surface area contributed by atoms with Gasteiger partial charge in [0, 0.05) is 5.02 Å². The normalized spacial score (nSPS) is 10.8. The van der Waals surface area contributed by atoms with Crippen LogP contribution in [0.2, 0.25) is 5.02 Å². The van der Waals surface area contributed by atoms with Crippen molar-refractivity contribution in [1.82, 2.24) is 14.8 Å². The fraction of sp³-hybridized carbons (Fsp3) is 0.0833. The third-order valence-corrected chi connectivity index (χ3v) is 3.94. The second kappa shape index (κ2) is 4.23. The van der Waals surface area contributed by atoms with Crippen LogP contribution in [0.3, 0.4) is 0 Å². The zero-order valence-electron chi connectivity index (χ0n) is 9.88. The minimum atomic E-state index is 0.297. The average Bonchev–Trinajstić information content (AvgIpc) is 2.92. The Labute approximate surface area is 117 Å². The first-order valence-corrected chi connectivity index (χ1v) is 6.60. The number of fused-ring (bicyclic) bond motifs is 1. The number of nitrogen functional groups attached to an aromatic ring is 1. The quantitative estimate of drug-likeness (QED) is 0.747. The van der Waals surface area contributed by atoms with Crippen LogP contribution >= 0.6 is 22.9 Å². The predicted molar refractivity (Wildman–Crippen MR) is 75.6 cm³/mol. The lowest BCUT2D eigenvalue weighted by Gasteiger charge is -1.97. The molecule has 2 aromatic heterocycles. The Balaban J connectivity index is 2.24. The Hall–Kier alpha value is -2.10. The minimum Gasteiger partial charge on any atom is -0.382 e. The number of nitriles is 1. The van der Waals surface area contributed by atoms with E-state index in [9.17, 15) is 0 Å². The molecule has 0 aliphatic rings. The number of hydrogen-bond acceptors (Lipinski definition) is 5. The van der Waals surface area contributed by atoms with E-state index in [1.54, 1.807) is 0 Å². The summed E-state index contributed by atoms with van der Waals surface area (Å²) < 4.78 is 2.43. The fourth-order valence-electron chi connectivity index (χ4n) is 1.83. The van der Waals surface area contributed by atoms with Crippen LogP contribution < -0.4 is 5.73 Å². The zero-order chi connectivity index (χ0) is 13.6. The first-order valence-electron chi connectivity index (χ1n) is 5.41. The van der Waals surface area contributed by atoms with Gasteiger partial charge in [-0.3, -0.25) is 0 Å². The molecular formula is C12H8ClN5S. The molecule has 0 aliphatic carbocycles. The number of hydrogen-bond donors (Lipinski definition) is 1. The van der Waals surface area contributed by atoms with Crippen molar-refractivity contribution in [3.8, 4) is 11.2 Å². The number of aryl methyl sites for hydroxylation is 1. The van der Waals surface area contributed by atoms with E-state index in [0.717, 1.165) is 15.8 Å². The summed E-state index contributed by atoms with van der Waals surface area (Å²) in [4.78, 5) is 4.50. The SMILES string of the molecule is Cc1cc(Cl)cc2sc(-n3ncc(C#N)c3N)nc12. The van der Waals surface area contributed by atoms with Crippen LogP contribution in [0.25, 0.3) is 15.3 Å². The molecule has 0 radical (unpaired) electrons. The molecule has 3 aromatic rings. The van der Waals surface area contributed by atoms with Crippen molar-refractivity contribution in [2.75, 3.05) is 5.73 Å². The molecule has 0 spiro atoms. The number of thiazole rings is 1. The maximum Gasteiger partial charge on any atom is 0.213 e. The van der Waals surface area contributed by atoms with Crippen molar-refractivity contribution in [1.29, 1.82) is 5.26 Å². The van der Waals surface area contributed by atoms with E-state index in [1.807, 2.05) is 25.1 Å². The standard InChI is InChI=1S/C12H8ClN5S/c1-6-2-8(13)3-9-10(6)17-12(19-9)18-11(15)7(4-14)5-16-18/h2-3,5H,15H2,1H3. The molecule has 0 atom stereocenters. The zero-order valence-corrected chi connectivity index (χ0v) is 11.5. The van der Waals surface area contributed by atoms with Crippen LogP contribution in [0, 0.1) is 18.3 Å². The Morgan fingerprint density at radius 2 is 2.26 bits per heavy atom. The smallest absolute Gasteiger partial charge is 0.213 e. The lowest BCUT2D eigenvalue weighted by molar-refractivity contribution is 0.883. The van der Waals surface area contributed by atoms with Gasteiger partial charge in [-0.25, -0.2) is 4.98 Å². The van der Waals surface area contributed by atoms with Crippen molar-refractivity contribution in [3.63, 3.8) is 0 Å². The van der Waals surface area contributed by atoms with E-state index in [4.69, 9.17) is 22.6 Å². The molecule has 2 heterocycles. The van der Waals surface area contributed by atoms with Crippen LogP contribution in [0.4, 0.5) is 5.82 Å². The predicted octanol–water partition coefficient (Wildman–Crippen LogP) is 2.90. The van der Waals surface area contributed by atoms with Gasteiger partial charge in [0.25, 0.3) is 0 Å². The summed E-state index contributed by atoms with van der Waals surface area (Å²) in [6.45, 7) is 1.95. The molecule has 0 aliphatic heterocycles. The maximum absolute atomic E-state index is 8.88. The van der Waals surface area contributed by atoms with E-state index in [-0.39, 0.29) is 0 Å². The molecule has 3 rings (SSSR count). The van der Waals surface area contributed by atoms with Crippen LogP contribution in [-0.2, 0) is 0 Å². The number of nitrogens with two attached hydrogens (primary N) is 1. The van der Waals surface area contributed by atoms with Gasteiger partial charge >= 0.3 is 0 Å². The molecule has 94 valence electrons. The van der Waals surface area contributed by atoms with Crippen LogP contribution in [-0.4, -0.2) is 14.8 Å². The van der Waals surface area contributed by atoms with Crippen molar-refractivity contribution < 1.29 is 0 Å². The van der Waals surface area contributed by atoms with Gasteiger partial charge in [0.05, 0.1) is 16.4 Å². The van der Waals surface area contributed by atoms with Crippen LogP contribution in [0.15, 0.2) is 18.3 Å². The summed E-state index contributed by atoms with van der Waals surface area (Å²) in [7, 11) is 0. The Morgan fingerprint density at radius 3 is 2.95 bits per heavy atom. The van der Waals surface area contributed by atoms with Crippen molar-refractivity contribution in [2.24, 2.45) is 0 Å². The number of halogens is 1. The van der Waals surface area contributed by atoms with Crippen LogP contribution in [0.1, 0.15) is 11.1 Å². The number of anilines is 1. The molecule has 7 heteroatoms. The summed E-state index contributed by atoms with van der Waals surface area (Å²) in [5.74, 6) is 0.297. The van der Waals surface area contributed by atoms with E-state index in [2.05, 4.69) is 10.1 Å². The van der Waals surface area contributed by atoms with Gasteiger partial charge < -0.3 is 5.73 Å². The fourth-order valence-corrected chi connectivity index (χ4v) is 3.22. The molecule has 5 nitrogen and oxygen atoms in total. The van der Waals surface area contributed by atoms with Crippen molar-refractivity contribution in [3.05, 3.63) is 34.5 Å². The van der Waals surface area contributed by atoms with Crippen molar-refractivity contribution in [2.45, 2.75) is 6.92 Å². The summed E-state index contributed by atoms with van der Waals surface area (Å²) in [6, 6.07) is 5.71. The summed E-state index contributed by atoms with van der Waals surface area (Å²) in [5.41, 5.74) is 8.07. The highest BCUT2D eigenvalue weighted by Crippen LogP contribution is 2.31. The van der Waals surface area contributed by atoms with Gasteiger partial charge in [-0.1, -0.05) is 22.9 Å². The lowest BCUT2D eigenvalue weighted by atomic mass is 10.2. The molecule has 19 heavy (non-hydrogen) atoms. The Morgan fingerprint density at radius 1 is 1.47 bits per heavy atom. The number of nitrogens with zero attached hydrogens (tertiary/aromatic N) is 4. The highest BCUT2D eigenvalue weighted by molar-refractivity contribution is 7.20. The highest BCUT2D eigenvalue weighted by Gasteiger charge is 2.14. The van der Waals surface area contributed by atoms with Gasteiger partial charge in [-0.05, 0) is 24.6 Å². The van der Waals surface area contributed by atoms with Crippen molar-refractivity contribution >= 4 is 39.0 Å². The van der Waals surface area contributed by atoms with E-state index < -0.39 is 0 Å². The van der Waals surface area contributed by atoms with Gasteiger partial charge in [0.15, 0.2) is 0 Å². The second-order valence-electron chi connectivity index (χ2n) is 4.03. The van der Waals surface area contributed by atoms with Gasteiger partial charge in [-0.15, -0.1) is 0 Å². The molecular weight excluding hydrogens is 282 g/mol. The third-order valence-electron chi connectivity index (χ3n) is 2.75. The third kappa shape index (κ3) is 1.84. The Kier molecular flexibility index (Phi) is 2.66. The monoisotopic (exact) mass is 289 g/mol. The summed E-state index contributed by atoms with van der Waals surface area (Å²) >= 11 is 7.46. The lowest BCUT2D eigenvalue weighted by Crippen LogP contribution is -2.01. The first-order chi connectivity index (χ1) is 9.10. The molecule has 0 saturated carbocycles. The topological polar surface area (TPSA) is 80.5 Å². The number of aromatic nitrogens is 3. The largest absolute Gasteiger partial charge is 0.382 e. The second-order valence-corrected chi connectivity index (χ2v) is 5.48. The molecule has 0 bridgehead atoms.